The molecule has 0 atom stereocenters. The maximum Gasteiger partial charge on any atom is 0.233 e. The number of hydrogen-bond acceptors (Lipinski definition) is 3. The molecule has 0 aliphatic carbocycles. The quantitative estimate of drug-likeness (QED) is 0.672. The van der Waals surface area contributed by atoms with Gasteiger partial charge in [-0.1, -0.05) is 51.8 Å². The van der Waals surface area contributed by atoms with E-state index in [2.05, 4.69) is 33.0 Å². The highest BCUT2D eigenvalue weighted by Gasteiger charge is 2.44. The highest BCUT2D eigenvalue weighted by atomic mass is 79.9. The van der Waals surface area contributed by atoms with Gasteiger partial charge in [0.25, 0.3) is 0 Å². The third-order valence-corrected chi connectivity index (χ3v) is 6.76. The number of carbonyl (C=O) groups is 1. The van der Waals surface area contributed by atoms with Gasteiger partial charge in [0.05, 0.1) is 16.1 Å². The average molecular weight is 464 g/mol. The average Bonchev–Trinajstić information content (AvgIpc) is 2.75. The number of ether oxygens (including phenoxy) is 1. The number of benzene rings is 2. The first-order valence-electron chi connectivity index (χ1n) is 9.73. The largest absolute Gasteiger partial charge is 0.381 e. The number of nitrogens with zero attached hydrogens (tertiary/aromatic N) is 2. The molecule has 2 heterocycles. The van der Waals surface area contributed by atoms with Crippen molar-refractivity contribution in [2.45, 2.75) is 18.3 Å². The highest BCUT2D eigenvalue weighted by molar-refractivity contribution is 9.10. The summed E-state index contributed by atoms with van der Waals surface area (Å²) in [5.41, 5.74) is 1.66. The summed E-state index contributed by atoms with van der Waals surface area (Å²) in [6.07, 6.45) is 1.47. The Kier molecular flexibility index (Phi) is 5.95. The van der Waals surface area contributed by atoms with Gasteiger partial charge < -0.3 is 14.5 Å². The van der Waals surface area contributed by atoms with Crippen LogP contribution in [0.3, 0.4) is 0 Å². The van der Waals surface area contributed by atoms with E-state index in [1.165, 1.54) is 0 Å². The summed E-state index contributed by atoms with van der Waals surface area (Å²) in [5.74, 6) is 0.233. The Morgan fingerprint density at radius 1 is 0.964 bits per heavy atom. The molecular formula is C22H24BrClN2O2. The zero-order valence-corrected chi connectivity index (χ0v) is 18.1. The lowest BCUT2D eigenvalue weighted by atomic mass is 9.73. The summed E-state index contributed by atoms with van der Waals surface area (Å²) in [4.78, 5) is 18.0. The summed E-state index contributed by atoms with van der Waals surface area (Å²) in [7, 11) is 0. The van der Waals surface area contributed by atoms with E-state index >= 15 is 0 Å². The number of anilines is 1. The third-order valence-electron chi connectivity index (χ3n) is 5.91. The molecule has 2 aromatic rings. The van der Waals surface area contributed by atoms with Gasteiger partial charge in [0.2, 0.25) is 5.91 Å². The fraction of sp³-hybridized carbons (Fsp3) is 0.409. The molecule has 2 saturated heterocycles. The molecule has 0 radical (unpaired) electrons. The number of para-hydroxylation sites is 1. The molecule has 2 fully saturated rings. The lowest BCUT2D eigenvalue weighted by Gasteiger charge is -2.43. The highest BCUT2D eigenvalue weighted by Crippen LogP contribution is 2.38. The van der Waals surface area contributed by atoms with Crippen molar-refractivity contribution < 1.29 is 9.53 Å². The van der Waals surface area contributed by atoms with Crippen molar-refractivity contribution in [1.82, 2.24) is 4.90 Å². The van der Waals surface area contributed by atoms with E-state index in [-0.39, 0.29) is 5.91 Å². The molecule has 0 unspecified atom stereocenters. The van der Waals surface area contributed by atoms with Crippen molar-refractivity contribution in [2.24, 2.45) is 0 Å². The van der Waals surface area contributed by atoms with E-state index in [0.717, 1.165) is 46.7 Å². The molecule has 0 aromatic heterocycles. The smallest absolute Gasteiger partial charge is 0.233 e. The fourth-order valence-electron chi connectivity index (χ4n) is 4.28. The minimum Gasteiger partial charge on any atom is -0.381 e. The normalized spacial score (nSPS) is 19.5. The van der Waals surface area contributed by atoms with Crippen LogP contribution in [0.1, 0.15) is 18.4 Å². The predicted octanol–water partition coefficient (Wildman–Crippen LogP) is 4.50. The summed E-state index contributed by atoms with van der Waals surface area (Å²) >= 11 is 9.85. The Morgan fingerprint density at radius 3 is 2.25 bits per heavy atom. The van der Waals surface area contributed by atoms with Gasteiger partial charge in [0, 0.05) is 43.9 Å². The molecule has 0 saturated carbocycles. The lowest BCUT2D eigenvalue weighted by molar-refractivity contribution is -0.141. The van der Waals surface area contributed by atoms with E-state index < -0.39 is 5.41 Å². The number of carbonyl (C=O) groups excluding carboxylic acids is 1. The van der Waals surface area contributed by atoms with Crippen LogP contribution < -0.4 is 4.90 Å². The van der Waals surface area contributed by atoms with Crippen molar-refractivity contribution in [2.75, 3.05) is 44.3 Å². The summed E-state index contributed by atoms with van der Waals surface area (Å²) in [6.45, 7) is 4.26. The Balaban J connectivity index is 1.52. The first-order valence-corrected chi connectivity index (χ1v) is 10.9. The molecule has 28 heavy (non-hydrogen) atoms. The van der Waals surface area contributed by atoms with Crippen molar-refractivity contribution in [1.29, 1.82) is 0 Å². The second kappa shape index (κ2) is 8.44. The van der Waals surface area contributed by atoms with Crippen molar-refractivity contribution in [3.63, 3.8) is 0 Å². The van der Waals surface area contributed by atoms with Crippen LogP contribution in [-0.2, 0) is 14.9 Å². The third kappa shape index (κ3) is 3.80. The van der Waals surface area contributed by atoms with Gasteiger partial charge in [-0.05, 0) is 42.7 Å². The second-order valence-corrected chi connectivity index (χ2v) is 8.75. The van der Waals surface area contributed by atoms with Crippen LogP contribution in [0.5, 0.6) is 0 Å². The van der Waals surface area contributed by atoms with Crippen molar-refractivity contribution >= 4 is 39.1 Å². The molecule has 2 aromatic carbocycles. The molecular weight excluding hydrogens is 440 g/mol. The van der Waals surface area contributed by atoms with Crippen LogP contribution in [0, 0.1) is 0 Å². The molecule has 6 heteroatoms. The second-order valence-electron chi connectivity index (χ2n) is 7.43. The van der Waals surface area contributed by atoms with Crippen LogP contribution in [0.4, 0.5) is 5.69 Å². The predicted molar refractivity (Wildman–Crippen MR) is 116 cm³/mol. The maximum atomic E-state index is 13.7. The summed E-state index contributed by atoms with van der Waals surface area (Å²) < 4.78 is 6.62. The zero-order chi connectivity index (χ0) is 19.6. The minimum atomic E-state index is -0.481. The Morgan fingerprint density at radius 2 is 1.61 bits per heavy atom. The Bertz CT molecular complexity index is 829. The van der Waals surface area contributed by atoms with E-state index in [1.807, 2.05) is 41.3 Å². The molecule has 2 aliphatic heterocycles. The van der Waals surface area contributed by atoms with Crippen molar-refractivity contribution in [3.05, 3.63) is 63.6 Å². The lowest BCUT2D eigenvalue weighted by Crippen LogP contribution is -2.56. The Labute approximate surface area is 179 Å². The Hall–Kier alpha value is -1.56. The van der Waals surface area contributed by atoms with Crippen LogP contribution in [0.15, 0.2) is 53.0 Å². The summed E-state index contributed by atoms with van der Waals surface area (Å²) in [5, 5.41) is 0.762. The van der Waals surface area contributed by atoms with Crippen LogP contribution in [0.25, 0.3) is 0 Å². The molecule has 148 valence electrons. The SMILES string of the molecule is O=C(N1CCN(c2ccccc2Cl)CC1)C1(c2ccc(Br)cc2)CCOCC1. The molecule has 2 aliphatic rings. The van der Waals surface area contributed by atoms with Crippen LogP contribution in [0.2, 0.25) is 5.02 Å². The number of rotatable bonds is 3. The van der Waals surface area contributed by atoms with Crippen LogP contribution >= 0.6 is 27.5 Å². The number of hydrogen-bond donors (Lipinski definition) is 0. The number of amides is 1. The van der Waals surface area contributed by atoms with Crippen molar-refractivity contribution in [3.8, 4) is 0 Å². The topological polar surface area (TPSA) is 32.8 Å². The molecule has 0 spiro atoms. The molecule has 4 nitrogen and oxygen atoms in total. The van der Waals surface area contributed by atoms with Crippen LogP contribution in [-0.4, -0.2) is 50.2 Å². The van der Waals surface area contributed by atoms with Gasteiger partial charge in [-0.2, -0.15) is 0 Å². The van der Waals surface area contributed by atoms with Gasteiger partial charge in [-0.25, -0.2) is 0 Å². The first-order chi connectivity index (χ1) is 13.6. The molecule has 4 rings (SSSR count). The first kappa shape index (κ1) is 19.7. The van der Waals surface area contributed by atoms with E-state index in [0.29, 0.717) is 26.3 Å². The van der Waals surface area contributed by atoms with Gasteiger partial charge in [0.1, 0.15) is 0 Å². The van der Waals surface area contributed by atoms with E-state index in [1.54, 1.807) is 0 Å². The molecule has 1 amide bonds. The minimum absolute atomic E-state index is 0.233. The number of halogens is 2. The fourth-order valence-corrected chi connectivity index (χ4v) is 4.80. The van der Waals surface area contributed by atoms with E-state index in [4.69, 9.17) is 16.3 Å². The van der Waals surface area contributed by atoms with E-state index in [9.17, 15) is 4.79 Å². The molecule has 0 N–H and O–H groups in total. The van der Waals surface area contributed by atoms with Gasteiger partial charge in [-0.15, -0.1) is 0 Å². The van der Waals surface area contributed by atoms with Gasteiger partial charge in [0.15, 0.2) is 0 Å². The monoisotopic (exact) mass is 462 g/mol. The van der Waals surface area contributed by atoms with Gasteiger partial charge in [-0.3, -0.25) is 4.79 Å². The number of piperazine rings is 1. The zero-order valence-electron chi connectivity index (χ0n) is 15.7. The standard InChI is InChI=1S/C22H24BrClN2O2/c23-18-7-5-17(6-8-18)22(9-15-28-16-10-22)21(27)26-13-11-25(12-14-26)20-4-2-1-3-19(20)24/h1-8H,9-16H2. The molecule has 0 bridgehead atoms. The maximum absolute atomic E-state index is 13.7. The summed E-state index contributed by atoms with van der Waals surface area (Å²) in [6, 6.07) is 16.1. The van der Waals surface area contributed by atoms with Gasteiger partial charge >= 0.3 is 0 Å².